The minimum atomic E-state index is -3.60. The van der Waals surface area contributed by atoms with Crippen LogP contribution in [-0.4, -0.2) is 19.9 Å². The Kier molecular flexibility index (Phi) is 4.18. The zero-order valence-corrected chi connectivity index (χ0v) is 12.1. The summed E-state index contributed by atoms with van der Waals surface area (Å²) in [5, 5.41) is 11.2. The van der Waals surface area contributed by atoms with Gasteiger partial charge in [0.25, 0.3) is 0 Å². The van der Waals surface area contributed by atoms with Crippen LogP contribution in [0.25, 0.3) is 0 Å². The van der Waals surface area contributed by atoms with Crippen LogP contribution < -0.4 is 10.5 Å². The largest absolute Gasteiger partial charge is 0.361 e. The first kappa shape index (κ1) is 14.0. The molecule has 2 rings (SSSR count). The summed E-state index contributed by atoms with van der Waals surface area (Å²) in [6, 6.07) is 6.60. The second kappa shape index (κ2) is 5.68. The van der Waals surface area contributed by atoms with Crippen LogP contribution in [0.2, 0.25) is 0 Å². The number of anilines is 1. The average Bonchev–Trinajstić information content (AvgIpc) is 2.75. The lowest BCUT2D eigenvalue weighted by Gasteiger charge is -2.04. The Morgan fingerprint density at radius 3 is 2.53 bits per heavy atom. The molecule has 0 aliphatic heterocycles. The van der Waals surface area contributed by atoms with E-state index in [1.54, 1.807) is 23.5 Å². The van der Waals surface area contributed by atoms with Crippen molar-refractivity contribution in [1.29, 1.82) is 0 Å². The van der Waals surface area contributed by atoms with E-state index in [-0.39, 0.29) is 4.90 Å². The lowest BCUT2D eigenvalue weighted by molar-refractivity contribution is 0.598. The van der Waals surface area contributed by atoms with Crippen molar-refractivity contribution in [2.24, 2.45) is 5.14 Å². The highest BCUT2D eigenvalue weighted by Crippen LogP contribution is 2.14. The van der Waals surface area contributed by atoms with Crippen molar-refractivity contribution in [3.05, 3.63) is 40.9 Å². The summed E-state index contributed by atoms with van der Waals surface area (Å²) in [5.74, 6) is 0. The number of aryl methyl sites for hydroxylation is 1. The molecule has 5 nitrogen and oxygen atoms in total. The van der Waals surface area contributed by atoms with E-state index in [1.807, 2.05) is 12.3 Å². The number of primary sulfonamides is 1. The van der Waals surface area contributed by atoms with Crippen LogP contribution in [0.3, 0.4) is 0 Å². The Hall–Kier alpha value is -1.44. The Morgan fingerprint density at radius 2 is 2.00 bits per heavy atom. The van der Waals surface area contributed by atoms with Crippen molar-refractivity contribution in [1.82, 2.24) is 4.98 Å². The van der Waals surface area contributed by atoms with Crippen LogP contribution in [0.15, 0.2) is 34.5 Å². The lowest BCUT2D eigenvalue weighted by atomic mass is 10.1. The van der Waals surface area contributed by atoms with Gasteiger partial charge < -0.3 is 5.32 Å². The SMILES string of the molecule is Cc1csc(NCCc2ccc(S(N)(=O)=O)cc2)n1. The van der Waals surface area contributed by atoms with Gasteiger partial charge >= 0.3 is 0 Å². The number of rotatable bonds is 5. The third-order valence-corrected chi connectivity index (χ3v) is 4.41. The normalized spacial score (nSPS) is 11.5. The molecule has 2 aromatic rings. The fourth-order valence-corrected chi connectivity index (χ4v) is 2.83. The van der Waals surface area contributed by atoms with Crippen molar-refractivity contribution in [2.45, 2.75) is 18.2 Å². The molecule has 0 radical (unpaired) electrons. The predicted octanol–water partition coefficient (Wildman–Crippen LogP) is 1.75. The molecule has 1 aromatic heterocycles. The predicted molar refractivity (Wildman–Crippen MR) is 76.9 cm³/mol. The molecule has 0 atom stereocenters. The molecule has 0 bridgehead atoms. The van der Waals surface area contributed by atoms with E-state index in [0.717, 1.165) is 29.4 Å². The fraction of sp³-hybridized carbons (Fsp3) is 0.250. The summed E-state index contributed by atoms with van der Waals surface area (Å²) in [6.45, 7) is 2.70. The van der Waals surface area contributed by atoms with Gasteiger partial charge in [-0.1, -0.05) is 12.1 Å². The lowest BCUT2D eigenvalue weighted by Crippen LogP contribution is -2.12. The van der Waals surface area contributed by atoms with Gasteiger partial charge in [0, 0.05) is 11.9 Å². The van der Waals surface area contributed by atoms with E-state index in [0.29, 0.717) is 0 Å². The molecule has 0 unspecified atom stereocenters. The van der Waals surface area contributed by atoms with Crippen molar-refractivity contribution >= 4 is 26.5 Å². The highest BCUT2D eigenvalue weighted by Gasteiger charge is 2.06. The Bertz CT molecular complexity index is 648. The van der Waals surface area contributed by atoms with Gasteiger partial charge in [0.05, 0.1) is 10.6 Å². The summed E-state index contributed by atoms with van der Waals surface area (Å²) >= 11 is 1.57. The van der Waals surface area contributed by atoms with Gasteiger partial charge in [-0.3, -0.25) is 0 Å². The van der Waals surface area contributed by atoms with E-state index < -0.39 is 10.0 Å². The number of nitrogens with one attached hydrogen (secondary N) is 1. The average molecular weight is 297 g/mol. The van der Waals surface area contributed by atoms with Crippen LogP contribution >= 0.6 is 11.3 Å². The molecule has 102 valence electrons. The molecule has 3 N–H and O–H groups in total. The van der Waals surface area contributed by atoms with Crippen molar-refractivity contribution in [3.63, 3.8) is 0 Å². The number of nitrogens with zero attached hydrogens (tertiary/aromatic N) is 1. The molecule has 0 amide bonds. The smallest absolute Gasteiger partial charge is 0.238 e. The van der Waals surface area contributed by atoms with Gasteiger partial charge in [0.15, 0.2) is 5.13 Å². The third kappa shape index (κ3) is 4.02. The number of hydrogen-bond acceptors (Lipinski definition) is 5. The maximum absolute atomic E-state index is 11.1. The molecule has 7 heteroatoms. The van der Waals surface area contributed by atoms with Gasteiger partial charge in [-0.15, -0.1) is 11.3 Å². The summed E-state index contributed by atoms with van der Waals surface area (Å²) < 4.78 is 22.2. The fourth-order valence-electron chi connectivity index (χ4n) is 1.59. The molecule has 1 aromatic carbocycles. The van der Waals surface area contributed by atoms with Gasteiger partial charge in [-0.2, -0.15) is 0 Å². The molecule has 19 heavy (non-hydrogen) atoms. The molecule has 1 heterocycles. The zero-order valence-electron chi connectivity index (χ0n) is 10.5. The summed E-state index contributed by atoms with van der Waals surface area (Å²) in [4.78, 5) is 4.44. The Morgan fingerprint density at radius 1 is 1.32 bits per heavy atom. The molecule has 0 spiro atoms. The molecule has 0 saturated heterocycles. The third-order valence-electron chi connectivity index (χ3n) is 2.56. The summed E-state index contributed by atoms with van der Waals surface area (Å²) in [7, 11) is -3.60. The Labute approximate surface area is 116 Å². The minimum absolute atomic E-state index is 0.139. The monoisotopic (exact) mass is 297 g/mol. The Balaban J connectivity index is 1.90. The summed E-state index contributed by atoms with van der Waals surface area (Å²) in [6.07, 6.45) is 0.795. The maximum Gasteiger partial charge on any atom is 0.238 e. The van der Waals surface area contributed by atoms with E-state index >= 15 is 0 Å². The number of benzene rings is 1. The number of aromatic nitrogens is 1. The quantitative estimate of drug-likeness (QED) is 0.880. The maximum atomic E-state index is 11.1. The van der Waals surface area contributed by atoms with Crippen LogP contribution in [-0.2, 0) is 16.4 Å². The molecule has 0 fully saturated rings. The van der Waals surface area contributed by atoms with Crippen LogP contribution in [0.4, 0.5) is 5.13 Å². The van der Waals surface area contributed by atoms with Gasteiger partial charge in [-0.05, 0) is 31.0 Å². The standard InChI is InChI=1S/C12H15N3O2S2/c1-9-8-18-12(15-9)14-7-6-10-2-4-11(5-3-10)19(13,16)17/h2-5,8H,6-7H2,1H3,(H,14,15)(H2,13,16,17). The zero-order chi connectivity index (χ0) is 13.9. The second-order valence-electron chi connectivity index (χ2n) is 4.16. The first-order valence-corrected chi connectivity index (χ1v) is 8.15. The molecule has 0 aliphatic rings. The first-order chi connectivity index (χ1) is 8.95. The first-order valence-electron chi connectivity index (χ1n) is 5.73. The summed E-state index contributed by atoms with van der Waals surface area (Å²) in [5.41, 5.74) is 2.05. The number of sulfonamides is 1. The topological polar surface area (TPSA) is 85.1 Å². The van der Waals surface area contributed by atoms with Gasteiger partial charge in [0.2, 0.25) is 10.0 Å². The minimum Gasteiger partial charge on any atom is -0.361 e. The van der Waals surface area contributed by atoms with E-state index in [1.165, 1.54) is 12.1 Å². The van der Waals surface area contributed by atoms with E-state index in [2.05, 4.69) is 10.3 Å². The van der Waals surface area contributed by atoms with Crippen LogP contribution in [0, 0.1) is 6.92 Å². The molecular formula is C12H15N3O2S2. The van der Waals surface area contributed by atoms with Crippen LogP contribution in [0.5, 0.6) is 0 Å². The van der Waals surface area contributed by atoms with Crippen molar-refractivity contribution in [2.75, 3.05) is 11.9 Å². The van der Waals surface area contributed by atoms with E-state index in [4.69, 9.17) is 5.14 Å². The van der Waals surface area contributed by atoms with Gasteiger partial charge in [0.1, 0.15) is 0 Å². The second-order valence-corrected chi connectivity index (χ2v) is 6.58. The van der Waals surface area contributed by atoms with Gasteiger partial charge in [-0.25, -0.2) is 18.5 Å². The molecule has 0 saturated carbocycles. The molecular weight excluding hydrogens is 282 g/mol. The number of hydrogen-bond donors (Lipinski definition) is 2. The van der Waals surface area contributed by atoms with E-state index in [9.17, 15) is 8.42 Å². The van der Waals surface area contributed by atoms with Crippen molar-refractivity contribution in [3.8, 4) is 0 Å². The van der Waals surface area contributed by atoms with Crippen LogP contribution in [0.1, 0.15) is 11.3 Å². The highest BCUT2D eigenvalue weighted by molar-refractivity contribution is 7.89. The van der Waals surface area contributed by atoms with Crippen molar-refractivity contribution < 1.29 is 8.42 Å². The number of thiazole rings is 1. The molecule has 0 aliphatic carbocycles. The number of nitrogens with two attached hydrogens (primary N) is 1. The highest BCUT2D eigenvalue weighted by atomic mass is 32.2.